The van der Waals surface area contributed by atoms with Crippen molar-refractivity contribution in [3.05, 3.63) is 125 Å². The van der Waals surface area contributed by atoms with Gasteiger partial charge in [-0.15, -0.1) is 0 Å². The zero-order valence-corrected chi connectivity index (χ0v) is 50.3. The van der Waals surface area contributed by atoms with Crippen LogP contribution in [0.2, 0.25) is 0 Å². The lowest BCUT2D eigenvalue weighted by atomic mass is 9.91. The quantitative estimate of drug-likeness (QED) is 0.0129. The fourth-order valence-corrected chi connectivity index (χ4v) is 11.1. The smallest absolute Gasteiger partial charge is 0.406 e. The molecule has 468 valence electrons. The molecule has 0 radical (unpaired) electrons. The lowest BCUT2D eigenvalue weighted by molar-refractivity contribution is -0.140. The molecule has 2 aromatic heterocycles. The number of nitrogens with two attached hydrogens (primary N) is 2. The van der Waals surface area contributed by atoms with Crippen LogP contribution >= 0.6 is 0 Å². The van der Waals surface area contributed by atoms with Crippen LogP contribution in [0.25, 0.3) is 21.9 Å². The molecule has 0 aliphatic carbocycles. The first-order valence-corrected chi connectivity index (χ1v) is 29.9. The molecule has 0 bridgehead atoms. The molecule has 3 aliphatic heterocycles. The molecule has 1 amide bonds. The number of likely N-dealkylation sites (tertiary alicyclic amines) is 1. The Morgan fingerprint density at radius 2 is 1.63 bits per heavy atom. The lowest BCUT2D eigenvalue weighted by Crippen LogP contribution is -2.38. The number of piperidine rings is 1. The third-order valence-electron chi connectivity index (χ3n) is 15.7. The second kappa shape index (κ2) is 31.4. The third kappa shape index (κ3) is 18.5. The van der Waals surface area contributed by atoms with Crippen molar-refractivity contribution in [2.24, 2.45) is 16.7 Å². The van der Waals surface area contributed by atoms with E-state index in [0.29, 0.717) is 78.9 Å². The van der Waals surface area contributed by atoms with Crippen molar-refractivity contribution in [1.29, 1.82) is 0 Å². The molecule has 9 rings (SSSR count). The van der Waals surface area contributed by atoms with Crippen molar-refractivity contribution in [2.75, 3.05) is 137 Å². The number of oxime groups is 1. The number of morpholine rings is 1. The summed E-state index contributed by atoms with van der Waals surface area (Å²) in [6, 6.07) is 26.9. The first-order valence-electron chi connectivity index (χ1n) is 29.9. The number of hydrogen-bond acceptors (Lipinski definition) is 17. The number of fused-ring (bicyclic) bond motifs is 2. The normalized spacial score (nSPS) is 17.0. The van der Waals surface area contributed by atoms with E-state index in [9.17, 15) is 18.0 Å². The molecule has 0 saturated carbocycles. The van der Waals surface area contributed by atoms with Gasteiger partial charge in [-0.2, -0.15) is 13.2 Å². The Labute approximate surface area is 507 Å². The maximum atomic E-state index is 13.8. The van der Waals surface area contributed by atoms with Crippen molar-refractivity contribution in [3.63, 3.8) is 0 Å². The molecular weight excluding hydrogens is 1120 g/mol. The minimum atomic E-state index is -4.44. The number of nitrogens with one attached hydrogen (secondary N) is 3. The molecule has 3 aliphatic rings. The van der Waals surface area contributed by atoms with E-state index in [1.165, 1.54) is 27.8 Å². The number of carbonyl (C=O) groups excluding carboxylic acids is 1. The van der Waals surface area contributed by atoms with Gasteiger partial charge in [-0.3, -0.25) is 9.69 Å². The van der Waals surface area contributed by atoms with Gasteiger partial charge >= 0.3 is 6.18 Å². The number of carbonyl (C=O) groups is 1. The minimum absolute atomic E-state index is 0.0121. The summed E-state index contributed by atoms with van der Waals surface area (Å²) in [4.78, 5) is 28.5. The summed E-state index contributed by atoms with van der Waals surface area (Å²) in [5.41, 5.74) is 14.6. The van der Waals surface area contributed by atoms with E-state index in [4.69, 9.17) is 49.8 Å². The van der Waals surface area contributed by atoms with E-state index < -0.39 is 12.7 Å². The average molecular weight is 1210 g/mol. The first-order chi connectivity index (χ1) is 42.2. The van der Waals surface area contributed by atoms with E-state index in [1.54, 1.807) is 42.6 Å². The van der Waals surface area contributed by atoms with E-state index >= 15 is 0 Å². The van der Waals surface area contributed by atoms with E-state index in [-0.39, 0.29) is 56.0 Å². The summed E-state index contributed by atoms with van der Waals surface area (Å²) in [5, 5.41) is 16.0. The molecule has 2 saturated heterocycles. The number of nitrogens with zero attached hydrogens (tertiary/aromatic N) is 7. The molecule has 23 heteroatoms. The standard InChI is InChI=1S/C64H83F3N12O8/c1-45-62(46(2)87-74-45)48-14-18-59-57(39-48)73-61(78(59)27-26-76-28-32-83-33-29-76)19-12-47-10-15-53(16-11-47)86-43-50(68)42-77(69)30-34-84-36-38-85-37-35-82-31-23-71-63(80)49-13-17-56(60(40-49)81-4)70-22-6-7-52-41-54-55(72-51-20-24-75(3)25-21-51)8-5-9-58(54)79(52)44-64(65,66)67/h5,8-11,13-18,39-42,46,51,62,70,72H,12,19-38,43-44,68-69H2,1-4H3,(H,71,80)/b50-42-. The number of aromatic nitrogens is 3. The Bertz CT molecular complexity index is 3330. The number of methoxy groups -OCH3 is 1. The molecule has 87 heavy (non-hydrogen) atoms. The van der Waals surface area contributed by atoms with Crippen LogP contribution in [-0.2, 0) is 49.7 Å². The highest BCUT2D eigenvalue weighted by molar-refractivity contribution is 5.96. The number of aryl methyl sites for hydroxylation is 2. The Morgan fingerprint density at radius 1 is 0.874 bits per heavy atom. The van der Waals surface area contributed by atoms with Crippen molar-refractivity contribution >= 4 is 44.9 Å². The van der Waals surface area contributed by atoms with Gasteiger partial charge < -0.3 is 74.0 Å². The molecule has 2 unspecified atom stereocenters. The van der Waals surface area contributed by atoms with Gasteiger partial charge in [0.2, 0.25) is 0 Å². The summed E-state index contributed by atoms with van der Waals surface area (Å²) in [6.45, 7) is 13.0. The fraction of sp³-hybridized carbons (Fsp3) is 0.484. The van der Waals surface area contributed by atoms with Gasteiger partial charge in [-0.05, 0) is 131 Å². The maximum Gasteiger partial charge on any atom is 0.406 e. The van der Waals surface area contributed by atoms with E-state index in [2.05, 4.69) is 91.6 Å². The predicted octanol–water partition coefficient (Wildman–Crippen LogP) is 7.36. The van der Waals surface area contributed by atoms with Gasteiger partial charge in [-0.1, -0.05) is 35.3 Å². The summed E-state index contributed by atoms with van der Waals surface area (Å²) < 4.78 is 79.1. The van der Waals surface area contributed by atoms with Crippen LogP contribution < -0.4 is 37.0 Å². The monoisotopic (exact) mass is 1200 g/mol. The van der Waals surface area contributed by atoms with Crippen LogP contribution in [0.15, 0.2) is 102 Å². The molecule has 4 aromatic carbocycles. The van der Waals surface area contributed by atoms with Crippen molar-refractivity contribution in [1.82, 2.24) is 34.2 Å². The Morgan fingerprint density at radius 3 is 2.37 bits per heavy atom. The first kappa shape index (κ1) is 63.9. The zero-order valence-electron chi connectivity index (χ0n) is 50.3. The SMILES string of the molecule is COc1cc(C(=O)NCCOCCOCCOCCN(N)/C=C(\N)COc2ccc(CCc3nc4cc(C5C(C)=NOC5C)ccc4n3CCN3CCOCC3)cc2)ccc1NCC#Cc1cc2c(NC3CCN(C)CC3)cccc2n1CC(F)(F)F. The fourth-order valence-electron chi connectivity index (χ4n) is 11.1. The number of imidazole rings is 1. The van der Waals surface area contributed by atoms with Gasteiger partial charge in [0.15, 0.2) is 0 Å². The van der Waals surface area contributed by atoms with Crippen molar-refractivity contribution in [2.45, 2.75) is 76.9 Å². The summed E-state index contributed by atoms with van der Waals surface area (Å²) in [7, 11) is 3.57. The van der Waals surface area contributed by atoms with Crippen LogP contribution in [0.4, 0.5) is 24.5 Å². The molecule has 5 heterocycles. The van der Waals surface area contributed by atoms with Crippen LogP contribution in [0.3, 0.4) is 0 Å². The van der Waals surface area contributed by atoms with Crippen LogP contribution in [0.5, 0.6) is 11.5 Å². The topological polar surface area (TPSA) is 215 Å². The molecule has 2 atom stereocenters. The average Bonchev–Trinajstić information content (AvgIpc) is 2.02. The van der Waals surface area contributed by atoms with Crippen LogP contribution in [0.1, 0.15) is 65.6 Å². The Kier molecular flexibility index (Phi) is 23.1. The van der Waals surface area contributed by atoms with E-state index in [0.717, 1.165) is 106 Å². The summed E-state index contributed by atoms with van der Waals surface area (Å²) in [5.74, 6) is 14.1. The molecule has 6 aromatic rings. The Hall–Kier alpha value is -7.56. The van der Waals surface area contributed by atoms with Gasteiger partial charge in [-0.25, -0.2) is 10.8 Å². The number of halogens is 3. The number of alkyl halides is 3. The predicted molar refractivity (Wildman–Crippen MR) is 331 cm³/mol. The second-order valence-electron chi connectivity index (χ2n) is 22.1. The zero-order chi connectivity index (χ0) is 61.1. The van der Waals surface area contributed by atoms with Gasteiger partial charge in [0.25, 0.3) is 5.91 Å². The number of hydrogen-bond donors (Lipinski definition) is 5. The third-order valence-corrected chi connectivity index (χ3v) is 15.7. The highest BCUT2D eigenvalue weighted by Gasteiger charge is 2.32. The Balaban J connectivity index is 0.621. The van der Waals surface area contributed by atoms with Crippen LogP contribution in [-0.4, -0.2) is 185 Å². The molecule has 20 nitrogen and oxygen atoms in total. The number of benzene rings is 4. The molecule has 2 fully saturated rings. The van der Waals surface area contributed by atoms with Crippen molar-refractivity contribution in [3.8, 4) is 23.3 Å². The van der Waals surface area contributed by atoms with E-state index in [1.807, 2.05) is 25.1 Å². The number of anilines is 2. The number of ether oxygens (including phenoxy) is 6. The number of amides is 1. The largest absolute Gasteiger partial charge is 0.495 e. The summed E-state index contributed by atoms with van der Waals surface area (Å²) >= 11 is 0. The van der Waals surface area contributed by atoms with Gasteiger partial charge in [0.05, 0.1) is 118 Å². The van der Waals surface area contributed by atoms with Gasteiger partial charge in [0, 0.05) is 68.0 Å². The molecule has 0 spiro atoms. The molecule has 7 N–H and O–H groups in total. The number of hydrazine groups is 1. The minimum Gasteiger partial charge on any atom is -0.495 e. The highest BCUT2D eigenvalue weighted by atomic mass is 19.4. The van der Waals surface area contributed by atoms with Gasteiger partial charge in [0.1, 0.15) is 36.6 Å². The van der Waals surface area contributed by atoms with Crippen LogP contribution in [0, 0.1) is 11.8 Å². The second-order valence-corrected chi connectivity index (χ2v) is 22.1. The van der Waals surface area contributed by atoms with Crippen molar-refractivity contribution < 1.29 is 51.2 Å². The number of rotatable bonds is 30. The summed E-state index contributed by atoms with van der Waals surface area (Å²) in [6.07, 6.45) is 0.684. The lowest BCUT2D eigenvalue weighted by Gasteiger charge is -2.30. The maximum absolute atomic E-state index is 13.8. The molecular formula is C64H83F3N12O8. The highest BCUT2D eigenvalue weighted by Crippen LogP contribution is 2.34.